The Labute approximate surface area is 216 Å². The molecular weight excluding hydrogens is 458 g/mol. The van der Waals surface area contributed by atoms with Gasteiger partial charge in [0.25, 0.3) is 0 Å². The van der Waals surface area contributed by atoms with Crippen LogP contribution in [0.15, 0.2) is 30.5 Å². The molecule has 2 aliphatic carbocycles. The van der Waals surface area contributed by atoms with Gasteiger partial charge in [0.05, 0.1) is 0 Å². The molecule has 35 heavy (non-hydrogen) atoms. The van der Waals surface area contributed by atoms with Crippen LogP contribution >= 0.6 is 12.4 Å². The summed E-state index contributed by atoms with van der Waals surface area (Å²) >= 11 is 0. The van der Waals surface area contributed by atoms with Gasteiger partial charge in [-0.1, -0.05) is 37.5 Å². The third kappa shape index (κ3) is 6.61. The summed E-state index contributed by atoms with van der Waals surface area (Å²) < 4.78 is 8.21. The first-order valence-electron chi connectivity index (χ1n) is 13.9. The number of aromatic nitrogens is 1. The van der Waals surface area contributed by atoms with Crippen molar-refractivity contribution in [3.8, 4) is 0 Å². The summed E-state index contributed by atoms with van der Waals surface area (Å²) in [5.41, 5.74) is 8.79. The average Bonchev–Trinajstić information content (AvgIpc) is 3.23. The second-order valence-electron chi connectivity index (χ2n) is 11.2. The van der Waals surface area contributed by atoms with Gasteiger partial charge in [-0.05, 0) is 80.8 Å². The fraction of sp³-hybridized carbons (Fsp3) is 0.690. The molecule has 2 saturated carbocycles. The lowest BCUT2D eigenvalue weighted by molar-refractivity contribution is -0.122. The Hall–Kier alpha value is -1.56. The molecule has 2 heterocycles. The monoisotopic (exact) mass is 501 g/mol. The van der Waals surface area contributed by atoms with Crippen molar-refractivity contribution >= 4 is 29.2 Å². The zero-order valence-electron chi connectivity index (χ0n) is 21.1. The highest BCUT2D eigenvalue weighted by Crippen LogP contribution is 2.40. The average molecular weight is 502 g/mol. The van der Waals surface area contributed by atoms with Crippen molar-refractivity contribution in [3.05, 3.63) is 36.0 Å². The maximum absolute atomic E-state index is 13.3. The van der Waals surface area contributed by atoms with Gasteiger partial charge < -0.3 is 20.4 Å². The summed E-state index contributed by atoms with van der Waals surface area (Å²) in [6.07, 6.45) is 15.9. The fourth-order valence-electron chi connectivity index (χ4n) is 6.77. The van der Waals surface area contributed by atoms with E-state index >= 15 is 0 Å². The molecule has 5 rings (SSSR count). The lowest BCUT2D eigenvalue weighted by Gasteiger charge is -2.31. The number of para-hydroxylation sites is 1. The zero-order chi connectivity index (χ0) is 23.3. The van der Waals surface area contributed by atoms with Gasteiger partial charge >= 0.3 is 0 Å². The summed E-state index contributed by atoms with van der Waals surface area (Å²) in [6.45, 7) is 2.73. The highest BCUT2D eigenvalue weighted by Gasteiger charge is 2.31. The Morgan fingerprint density at radius 1 is 1.00 bits per heavy atom. The van der Waals surface area contributed by atoms with Crippen molar-refractivity contribution in [3.63, 3.8) is 0 Å². The predicted octanol–water partition coefficient (Wildman–Crippen LogP) is 5.93. The van der Waals surface area contributed by atoms with E-state index in [1.54, 1.807) is 0 Å². The normalized spacial score (nSPS) is 25.2. The molecule has 3 N–H and O–H groups in total. The van der Waals surface area contributed by atoms with E-state index in [4.69, 9.17) is 10.5 Å². The number of hydrogen-bond acceptors (Lipinski definition) is 3. The van der Waals surface area contributed by atoms with Gasteiger partial charge in [-0.3, -0.25) is 4.79 Å². The van der Waals surface area contributed by atoms with Crippen molar-refractivity contribution in [2.45, 2.75) is 102 Å². The quantitative estimate of drug-likeness (QED) is 0.494. The Morgan fingerprint density at radius 2 is 1.71 bits per heavy atom. The Morgan fingerprint density at radius 3 is 2.46 bits per heavy atom. The molecule has 1 aliphatic heterocycles. The number of fused-ring (bicyclic) bond motifs is 1. The van der Waals surface area contributed by atoms with Crippen LogP contribution in [0.3, 0.4) is 0 Å². The number of carbonyl (C=O) groups excluding carboxylic acids is 1. The summed E-state index contributed by atoms with van der Waals surface area (Å²) in [6, 6.07) is 9.45. The van der Waals surface area contributed by atoms with Crippen molar-refractivity contribution in [1.82, 2.24) is 9.88 Å². The minimum absolute atomic E-state index is 0. The standard InChI is InChI=1S/C29H43N3O2.ClH/c30-23-10-12-24(13-11-23)31-29(33)18-26(22-14-16-34-17-15-22)27-20-32(19-21-6-2-1-3-7-21)28-9-5-4-8-25(27)28;/h4-5,8-9,20-24,26H,1-3,6-7,10-19,30H2,(H,31,33);1H. The second-order valence-corrected chi connectivity index (χ2v) is 11.2. The van der Waals surface area contributed by atoms with Crippen LogP contribution in [0.1, 0.15) is 88.5 Å². The van der Waals surface area contributed by atoms with Gasteiger partial charge in [0.15, 0.2) is 0 Å². The number of carbonyl (C=O) groups is 1. The maximum Gasteiger partial charge on any atom is 0.220 e. The lowest BCUT2D eigenvalue weighted by atomic mass is 9.79. The van der Waals surface area contributed by atoms with Crippen LogP contribution in [-0.4, -0.2) is 35.8 Å². The lowest BCUT2D eigenvalue weighted by Crippen LogP contribution is -2.41. The Balaban J connectivity index is 0.00000289. The van der Waals surface area contributed by atoms with E-state index in [9.17, 15) is 4.79 Å². The minimum atomic E-state index is 0. The summed E-state index contributed by atoms with van der Waals surface area (Å²) in [5, 5.41) is 4.71. The Kier molecular flexibility index (Phi) is 9.54. The van der Waals surface area contributed by atoms with E-state index in [2.05, 4.69) is 40.3 Å². The molecular formula is C29H44ClN3O2. The number of nitrogens with one attached hydrogen (secondary N) is 1. The number of nitrogens with two attached hydrogens (primary N) is 1. The molecule has 3 fully saturated rings. The van der Waals surface area contributed by atoms with Crippen molar-refractivity contribution in [2.24, 2.45) is 17.6 Å². The molecule has 1 atom stereocenters. The molecule has 5 nitrogen and oxygen atoms in total. The maximum atomic E-state index is 13.3. The molecule has 2 aromatic rings. The topological polar surface area (TPSA) is 69.3 Å². The van der Waals surface area contributed by atoms with Crippen LogP contribution in [0.2, 0.25) is 0 Å². The number of benzene rings is 1. The van der Waals surface area contributed by atoms with Gasteiger partial charge in [-0.25, -0.2) is 0 Å². The molecule has 1 amide bonds. The third-order valence-corrected chi connectivity index (χ3v) is 8.78. The number of halogens is 1. The molecule has 1 saturated heterocycles. The van der Waals surface area contributed by atoms with Crippen molar-refractivity contribution in [1.29, 1.82) is 0 Å². The first kappa shape index (κ1) is 26.5. The smallest absolute Gasteiger partial charge is 0.220 e. The number of ether oxygens (including phenoxy) is 1. The summed E-state index contributed by atoms with van der Waals surface area (Å²) in [5.74, 6) is 1.72. The van der Waals surface area contributed by atoms with Gasteiger partial charge in [0.1, 0.15) is 0 Å². The van der Waals surface area contributed by atoms with E-state index in [-0.39, 0.29) is 30.3 Å². The second kappa shape index (κ2) is 12.6. The summed E-state index contributed by atoms with van der Waals surface area (Å²) in [4.78, 5) is 13.3. The van der Waals surface area contributed by atoms with Gasteiger partial charge in [0.2, 0.25) is 5.91 Å². The van der Waals surface area contributed by atoms with Crippen molar-refractivity contribution < 1.29 is 9.53 Å². The molecule has 3 aliphatic rings. The molecule has 1 unspecified atom stereocenters. The molecule has 6 heteroatoms. The first-order valence-corrected chi connectivity index (χ1v) is 13.9. The minimum Gasteiger partial charge on any atom is -0.381 e. The number of nitrogens with zero attached hydrogens (tertiary/aromatic N) is 1. The SMILES string of the molecule is Cl.NC1CCC(NC(=O)CC(c2cn(CC3CCCCC3)c3ccccc23)C2CCOCC2)CC1. The summed E-state index contributed by atoms with van der Waals surface area (Å²) in [7, 11) is 0. The highest BCUT2D eigenvalue weighted by atomic mass is 35.5. The van der Waals surface area contributed by atoms with Crippen LogP contribution in [0.25, 0.3) is 10.9 Å². The van der Waals surface area contributed by atoms with E-state index < -0.39 is 0 Å². The predicted molar refractivity (Wildman–Crippen MR) is 145 cm³/mol. The molecule has 1 aromatic heterocycles. The van der Waals surface area contributed by atoms with Crippen molar-refractivity contribution in [2.75, 3.05) is 13.2 Å². The van der Waals surface area contributed by atoms with E-state index in [1.165, 1.54) is 48.6 Å². The number of rotatable bonds is 7. The van der Waals surface area contributed by atoms with Gasteiger partial charge in [0, 0.05) is 55.4 Å². The van der Waals surface area contributed by atoms with E-state index in [1.807, 2.05) is 0 Å². The van der Waals surface area contributed by atoms with Crippen LogP contribution in [0.4, 0.5) is 0 Å². The van der Waals surface area contributed by atoms with Crippen LogP contribution in [0, 0.1) is 11.8 Å². The Bertz CT molecular complexity index is 941. The van der Waals surface area contributed by atoms with Gasteiger partial charge in [-0.15, -0.1) is 12.4 Å². The third-order valence-electron chi connectivity index (χ3n) is 8.78. The number of hydrogen-bond donors (Lipinski definition) is 2. The van der Waals surface area contributed by atoms with Crippen LogP contribution < -0.4 is 11.1 Å². The molecule has 0 radical (unpaired) electrons. The van der Waals surface area contributed by atoms with Crippen LogP contribution in [-0.2, 0) is 16.1 Å². The molecule has 0 spiro atoms. The zero-order valence-corrected chi connectivity index (χ0v) is 21.9. The molecule has 0 bridgehead atoms. The fourth-order valence-corrected chi connectivity index (χ4v) is 6.77. The molecule has 194 valence electrons. The van der Waals surface area contributed by atoms with Gasteiger partial charge in [-0.2, -0.15) is 0 Å². The highest BCUT2D eigenvalue weighted by molar-refractivity contribution is 5.86. The number of amides is 1. The molecule has 1 aromatic carbocycles. The van der Waals surface area contributed by atoms with E-state index in [0.717, 1.165) is 64.2 Å². The van der Waals surface area contributed by atoms with E-state index in [0.29, 0.717) is 18.4 Å². The largest absolute Gasteiger partial charge is 0.381 e. The van der Waals surface area contributed by atoms with Crippen LogP contribution in [0.5, 0.6) is 0 Å². The first-order chi connectivity index (χ1) is 16.7.